The average Bonchev–Trinajstić information content (AvgIpc) is 2.31. The van der Waals surface area contributed by atoms with Crippen LogP contribution in [0, 0.1) is 5.92 Å². The van der Waals surface area contributed by atoms with Gasteiger partial charge < -0.3 is 20.9 Å². The molecule has 2 unspecified atom stereocenters. The molecule has 0 radical (unpaired) electrons. The van der Waals surface area contributed by atoms with Crippen molar-refractivity contribution in [3.05, 3.63) is 0 Å². The fraction of sp³-hybridized carbons (Fsp3) is 0.818. The summed E-state index contributed by atoms with van der Waals surface area (Å²) in [4.78, 5) is 21.9. The highest BCUT2D eigenvalue weighted by atomic mass is 16.5. The van der Waals surface area contributed by atoms with E-state index in [4.69, 9.17) is 15.6 Å². The fourth-order valence-corrected chi connectivity index (χ4v) is 1.30. The van der Waals surface area contributed by atoms with E-state index in [0.29, 0.717) is 25.9 Å². The number of carboxylic acid groups (broad SMARTS) is 1. The number of methoxy groups -OCH3 is 1. The number of rotatable bonds is 9. The van der Waals surface area contributed by atoms with E-state index in [1.165, 1.54) is 7.11 Å². The second-order valence-electron chi connectivity index (χ2n) is 4.03. The Bertz CT molecular complexity index is 242. The van der Waals surface area contributed by atoms with Crippen LogP contribution in [0.1, 0.15) is 26.2 Å². The Labute approximate surface area is 102 Å². The van der Waals surface area contributed by atoms with E-state index < -0.39 is 5.97 Å². The molecule has 0 aliphatic carbocycles. The predicted molar refractivity (Wildman–Crippen MR) is 63.5 cm³/mol. The molecule has 0 spiro atoms. The molecular weight excluding hydrogens is 224 g/mol. The van der Waals surface area contributed by atoms with Gasteiger partial charge >= 0.3 is 5.97 Å². The lowest BCUT2D eigenvalue weighted by Gasteiger charge is -2.12. The van der Waals surface area contributed by atoms with Crippen LogP contribution in [0.4, 0.5) is 0 Å². The minimum absolute atomic E-state index is 0.120. The lowest BCUT2D eigenvalue weighted by atomic mass is 10.1. The van der Waals surface area contributed by atoms with Crippen LogP contribution in [0.5, 0.6) is 0 Å². The van der Waals surface area contributed by atoms with Crippen molar-refractivity contribution >= 4 is 11.9 Å². The first kappa shape index (κ1) is 15.9. The predicted octanol–water partition coefficient (Wildman–Crippen LogP) is -0.0327. The van der Waals surface area contributed by atoms with Crippen molar-refractivity contribution in [1.29, 1.82) is 0 Å². The standard InChI is InChI=1S/C11H22N2O4/c1-8(11(15)16)4-3-5-13-10(14)6-9(7-12)17-2/h8-9H,3-7,12H2,1-2H3,(H,13,14)(H,15,16). The largest absolute Gasteiger partial charge is 0.481 e. The van der Waals surface area contributed by atoms with Crippen LogP contribution >= 0.6 is 0 Å². The highest BCUT2D eigenvalue weighted by Crippen LogP contribution is 2.04. The zero-order valence-electron chi connectivity index (χ0n) is 10.4. The van der Waals surface area contributed by atoms with Crippen LogP contribution in [0.2, 0.25) is 0 Å². The molecule has 4 N–H and O–H groups in total. The van der Waals surface area contributed by atoms with E-state index in [1.807, 2.05) is 0 Å². The molecule has 0 saturated heterocycles. The number of carboxylic acids is 1. The molecule has 0 bridgehead atoms. The first-order valence-corrected chi connectivity index (χ1v) is 5.73. The molecule has 2 atom stereocenters. The molecule has 6 heteroatoms. The van der Waals surface area contributed by atoms with E-state index in [2.05, 4.69) is 5.32 Å². The van der Waals surface area contributed by atoms with Gasteiger partial charge in [-0.2, -0.15) is 0 Å². The van der Waals surface area contributed by atoms with Crippen LogP contribution in [0.25, 0.3) is 0 Å². The van der Waals surface area contributed by atoms with Crippen LogP contribution in [0.15, 0.2) is 0 Å². The van der Waals surface area contributed by atoms with E-state index >= 15 is 0 Å². The summed E-state index contributed by atoms with van der Waals surface area (Å²) in [5.74, 6) is -1.30. The van der Waals surface area contributed by atoms with Gasteiger partial charge in [-0.05, 0) is 12.8 Å². The Hall–Kier alpha value is -1.14. The van der Waals surface area contributed by atoms with Gasteiger partial charge in [0.15, 0.2) is 0 Å². The zero-order valence-corrected chi connectivity index (χ0v) is 10.4. The summed E-state index contributed by atoms with van der Waals surface area (Å²) in [6.07, 6.45) is 1.19. The third kappa shape index (κ3) is 7.70. The van der Waals surface area contributed by atoms with Crippen LogP contribution in [-0.2, 0) is 14.3 Å². The number of ether oxygens (including phenoxy) is 1. The van der Waals surface area contributed by atoms with Crippen molar-refractivity contribution in [2.45, 2.75) is 32.3 Å². The molecule has 17 heavy (non-hydrogen) atoms. The van der Waals surface area contributed by atoms with Gasteiger partial charge in [-0.15, -0.1) is 0 Å². The number of carbonyl (C=O) groups is 2. The normalized spacial score (nSPS) is 14.1. The molecule has 1 amide bonds. The molecular formula is C11H22N2O4. The van der Waals surface area contributed by atoms with Crippen molar-refractivity contribution in [3.63, 3.8) is 0 Å². The van der Waals surface area contributed by atoms with Crippen LogP contribution < -0.4 is 11.1 Å². The second-order valence-corrected chi connectivity index (χ2v) is 4.03. The Morgan fingerprint density at radius 3 is 2.59 bits per heavy atom. The number of hydrogen-bond donors (Lipinski definition) is 3. The quantitative estimate of drug-likeness (QED) is 0.496. The van der Waals surface area contributed by atoms with Gasteiger partial charge in [-0.25, -0.2) is 0 Å². The fourth-order valence-electron chi connectivity index (χ4n) is 1.30. The number of aliphatic carboxylic acids is 1. The third-order valence-corrected chi connectivity index (χ3v) is 2.57. The Kier molecular flexibility index (Phi) is 8.35. The molecule has 0 aromatic rings. The Morgan fingerprint density at radius 2 is 2.12 bits per heavy atom. The van der Waals surface area contributed by atoms with Crippen molar-refractivity contribution in [2.24, 2.45) is 11.7 Å². The highest BCUT2D eigenvalue weighted by molar-refractivity contribution is 5.76. The maximum atomic E-state index is 11.4. The average molecular weight is 246 g/mol. The van der Waals surface area contributed by atoms with Gasteiger partial charge in [-0.1, -0.05) is 6.92 Å². The lowest BCUT2D eigenvalue weighted by Crippen LogP contribution is -2.32. The molecule has 0 aliphatic heterocycles. The summed E-state index contributed by atoms with van der Waals surface area (Å²) in [5, 5.41) is 11.4. The van der Waals surface area contributed by atoms with Crippen molar-refractivity contribution in [1.82, 2.24) is 5.32 Å². The van der Waals surface area contributed by atoms with E-state index in [0.717, 1.165) is 0 Å². The van der Waals surface area contributed by atoms with Crippen LogP contribution in [0.3, 0.4) is 0 Å². The van der Waals surface area contributed by atoms with Gasteiger partial charge in [0.2, 0.25) is 5.91 Å². The topological polar surface area (TPSA) is 102 Å². The van der Waals surface area contributed by atoms with Crippen molar-refractivity contribution in [3.8, 4) is 0 Å². The molecule has 6 nitrogen and oxygen atoms in total. The van der Waals surface area contributed by atoms with Crippen molar-refractivity contribution in [2.75, 3.05) is 20.2 Å². The maximum absolute atomic E-state index is 11.4. The van der Waals surface area contributed by atoms with Gasteiger partial charge in [0, 0.05) is 20.2 Å². The molecule has 0 aliphatic rings. The molecule has 100 valence electrons. The monoisotopic (exact) mass is 246 g/mol. The SMILES string of the molecule is COC(CN)CC(=O)NCCCC(C)C(=O)O. The molecule has 0 saturated carbocycles. The first-order chi connectivity index (χ1) is 8.01. The van der Waals surface area contributed by atoms with Gasteiger partial charge in [-0.3, -0.25) is 9.59 Å². The smallest absolute Gasteiger partial charge is 0.306 e. The molecule has 0 heterocycles. The number of nitrogens with one attached hydrogen (secondary N) is 1. The summed E-state index contributed by atoms with van der Waals surface area (Å²) in [6, 6.07) is 0. The summed E-state index contributed by atoms with van der Waals surface area (Å²) in [5.41, 5.74) is 5.39. The molecule has 0 aromatic heterocycles. The maximum Gasteiger partial charge on any atom is 0.306 e. The third-order valence-electron chi connectivity index (χ3n) is 2.57. The number of amides is 1. The molecule has 0 fully saturated rings. The van der Waals surface area contributed by atoms with E-state index in [-0.39, 0.29) is 24.3 Å². The lowest BCUT2D eigenvalue weighted by molar-refractivity contribution is -0.141. The second kappa shape index (κ2) is 8.95. The van der Waals surface area contributed by atoms with Crippen LogP contribution in [-0.4, -0.2) is 43.3 Å². The number of carbonyl (C=O) groups excluding carboxylic acids is 1. The minimum atomic E-state index is -0.807. The first-order valence-electron chi connectivity index (χ1n) is 5.73. The summed E-state index contributed by atoms with van der Waals surface area (Å²) in [7, 11) is 1.51. The van der Waals surface area contributed by atoms with E-state index in [9.17, 15) is 9.59 Å². The van der Waals surface area contributed by atoms with Gasteiger partial charge in [0.1, 0.15) is 0 Å². The molecule has 0 aromatic carbocycles. The van der Waals surface area contributed by atoms with Gasteiger partial charge in [0.25, 0.3) is 0 Å². The number of hydrogen-bond acceptors (Lipinski definition) is 4. The Morgan fingerprint density at radius 1 is 1.47 bits per heavy atom. The zero-order chi connectivity index (χ0) is 13.3. The van der Waals surface area contributed by atoms with Gasteiger partial charge in [0.05, 0.1) is 18.4 Å². The van der Waals surface area contributed by atoms with E-state index in [1.54, 1.807) is 6.92 Å². The summed E-state index contributed by atoms with van der Waals surface area (Å²) >= 11 is 0. The summed E-state index contributed by atoms with van der Waals surface area (Å²) in [6.45, 7) is 2.44. The molecule has 0 rings (SSSR count). The highest BCUT2D eigenvalue weighted by Gasteiger charge is 2.12. The minimum Gasteiger partial charge on any atom is -0.481 e. The number of nitrogens with two attached hydrogens (primary N) is 1. The summed E-state index contributed by atoms with van der Waals surface area (Å²) < 4.78 is 4.98. The Balaban J connectivity index is 3.61. The van der Waals surface area contributed by atoms with Crippen molar-refractivity contribution < 1.29 is 19.4 Å².